The van der Waals surface area contributed by atoms with Crippen LogP contribution in [0.25, 0.3) is 0 Å². The minimum absolute atomic E-state index is 0.0301. The van der Waals surface area contributed by atoms with Gasteiger partial charge in [0, 0.05) is 13.0 Å². The molecule has 4 heteroatoms. The van der Waals surface area contributed by atoms with Gasteiger partial charge in [0.15, 0.2) is 5.78 Å². The lowest BCUT2D eigenvalue weighted by atomic mass is 9.99. The molecule has 0 aliphatic rings. The van der Waals surface area contributed by atoms with Gasteiger partial charge in [-0.05, 0) is 20.8 Å². The molecule has 0 spiro atoms. The van der Waals surface area contributed by atoms with E-state index in [2.05, 4.69) is 0 Å². The van der Waals surface area contributed by atoms with E-state index in [-0.39, 0.29) is 18.6 Å². The van der Waals surface area contributed by atoms with Crippen LogP contribution in [-0.2, 0) is 14.3 Å². The maximum atomic E-state index is 11.4. The van der Waals surface area contributed by atoms with Gasteiger partial charge in [-0.25, -0.2) is 0 Å². The second-order valence-corrected chi connectivity index (χ2v) is 3.26. The number of ketones is 1. The third-order valence-electron chi connectivity index (χ3n) is 1.74. The second kappa shape index (κ2) is 4.97. The van der Waals surface area contributed by atoms with E-state index in [1.165, 1.54) is 0 Å². The molecule has 0 aromatic rings. The summed E-state index contributed by atoms with van der Waals surface area (Å²) in [5, 5.41) is 8.36. The van der Waals surface area contributed by atoms with Gasteiger partial charge in [0.05, 0.1) is 6.42 Å². The quantitative estimate of drug-likeness (QED) is 0.681. The zero-order chi connectivity index (χ0) is 10.5. The van der Waals surface area contributed by atoms with Crippen LogP contribution in [0, 0.1) is 0 Å². The Bertz CT molecular complexity index is 196. The fourth-order valence-electron chi connectivity index (χ4n) is 0.963. The molecule has 4 nitrogen and oxygen atoms in total. The molecule has 0 amide bonds. The minimum atomic E-state index is -0.958. The van der Waals surface area contributed by atoms with Crippen molar-refractivity contribution in [3.63, 3.8) is 0 Å². The molecule has 0 unspecified atom stereocenters. The molecule has 0 atom stereocenters. The molecule has 0 aliphatic heterocycles. The number of hydrogen-bond acceptors (Lipinski definition) is 3. The molecular weight excluding hydrogens is 172 g/mol. The Morgan fingerprint density at radius 3 is 2.23 bits per heavy atom. The first kappa shape index (κ1) is 12.1. The van der Waals surface area contributed by atoms with Crippen molar-refractivity contribution in [2.24, 2.45) is 0 Å². The fourth-order valence-corrected chi connectivity index (χ4v) is 0.963. The zero-order valence-electron chi connectivity index (χ0n) is 8.29. The van der Waals surface area contributed by atoms with E-state index in [9.17, 15) is 9.59 Å². The largest absolute Gasteiger partial charge is 0.481 e. The Balaban J connectivity index is 4.01. The highest BCUT2D eigenvalue weighted by atomic mass is 16.5. The van der Waals surface area contributed by atoms with E-state index >= 15 is 0 Å². The lowest BCUT2D eigenvalue weighted by Crippen LogP contribution is -2.35. The van der Waals surface area contributed by atoms with Crippen LogP contribution in [-0.4, -0.2) is 29.1 Å². The lowest BCUT2D eigenvalue weighted by Gasteiger charge is -2.22. The predicted octanol–water partition coefficient (Wildman–Crippen LogP) is 1.24. The SMILES string of the molecule is CCOC(C)(C)C(=O)CCC(=O)O. The first-order valence-corrected chi connectivity index (χ1v) is 4.29. The first-order chi connectivity index (χ1) is 5.90. The molecule has 0 aromatic heterocycles. The average Bonchev–Trinajstić information content (AvgIpc) is 1.99. The molecular formula is C9H16O4. The molecule has 0 fully saturated rings. The maximum Gasteiger partial charge on any atom is 0.303 e. The van der Waals surface area contributed by atoms with Crippen molar-refractivity contribution in [3.05, 3.63) is 0 Å². The van der Waals surface area contributed by atoms with Gasteiger partial charge in [0.1, 0.15) is 5.60 Å². The highest BCUT2D eigenvalue weighted by Crippen LogP contribution is 2.13. The predicted molar refractivity (Wildman–Crippen MR) is 47.6 cm³/mol. The van der Waals surface area contributed by atoms with Crippen molar-refractivity contribution in [2.45, 2.75) is 39.2 Å². The molecule has 0 saturated heterocycles. The van der Waals surface area contributed by atoms with E-state index in [0.717, 1.165) is 0 Å². The van der Waals surface area contributed by atoms with Crippen molar-refractivity contribution in [1.82, 2.24) is 0 Å². The summed E-state index contributed by atoms with van der Waals surface area (Å²) in [6.45, 7) is 5.55. The normalized spacial score (nSPS) is 11.3. The van der Waals surface area contributed by atoms with Gasteiger partial charge in [-0.3, -0.25) is 9.59 Å². The molecule has 13 heavy (non-hydrogen) atoms. The zero-order valence-corrected chi connectivity index (χ0v) is 8.29. The molecule has 0 aromatic carbocycles. The van der Waals surface area contributed by atoms with Gasteiger partial charge in [0.2, 0.25) is 0 Å². The van der Waals surface area contributed by atoms with Crippen molar-refractivity contribution in [1.29, 1.82) is 0 Å². The van der Waals surface area contributed by atoms with E-state index < -0.39 is 11.6 Å². The highest BCUT2D eigenvalue weighted by molar-refractivity contribution is 5.88. The van der Waals surface area contributed by atoms with Crippen LogP contribution in [0.15, 0.2) is 0 Å². The van der Waals surface area contributed by atoms with Crippen LogP contribution < -0.4 is 0 Å². The van der Waals surface area contributed by atoms with Crippen LogP contribution in [0.1, 0.15) is 33.6 Å². The van der Waals surface area contributed by atoms with Gasteiger partial charge >= 0.3 is 5.97 Å². The van der Waals surface area contributed by atoms with Crippen LogP contribution >= 0.6 is 0 Å². The second-order valence-electron chi connectivity index (χ2n) is 3.26. The molecule has 0 saturated carbocycles. The third kappa shape index (κ3) is 4.62. The number of aliphatic carboxylic acids is 1. The summed E-state index contributed by atoms with van der Waals surface area (Å²) in [6.07, 6.45) is -0.0995. The summed E-state index contributed by atoms with van der Waals surface area (Å²) in [5.74, 6) is -1.13. The molecule has 0 aliphatic carbocycles. The van der Waals surface area contributed by atoms with E-state index in [4.69, 9.17) is 9.84 Å². The smallest absolute Gasteiger partial charge is 0.303 e. The lowest BCUT2D eigenvalue weighted by molar-refractivity contribution is -0.144. The van der Waals surface area contributed by atoms with E-state index in [0.29, 0.717) is 6.61 Å². The highest BCUT2D eigenvalue weighted by Gasteiger charge is 2.27. The molecule has 0 heterocycles. The Kier molecular flexibility index (Phi) is 4.62. The Labute approximate surface area is 77.9 Å². The van der Waals surface area contributed by atoms with Crippen LogP contribution in [0.5, 0.6) is 0 Å². The summed E-state index contributed by atoms with van der Waals surface area (Å²) in [4.78, 5) is 21.6. The van der Waals surface area contributed by atoms with Crippen LogP contribution in [0.2, 0.25) is 0 Å². The summed E-state index contributed by atoms with van der Waals surface area (Å²) in [5.41, 5.74) is -0.857. The Morgan fingerprint density at radius 1 is 1.31 bits per heavy atom. The average molecular weight is 188 g/mol. The standard InChI is InChI=1S/C9H16O4/c1-4-13-9(2,3)7(10)5-6-8(11)12/h4-6H2,1-3H3,(H,11,12). The van der Waals surface area contributed by atoms with Gasteiger partial charge in [-0.1, -0.05) is 0 Å². The fraction of sp³-hybridized carbons (Fsp3) is 0.778. The number of carbonyl (C=O) groups is 2. The topological polar surface area (TPSA) is 63.6 Å². The molecule has 0 radical (unpaired) electrons. The van der Waals surface area contributed by atoms with Crippen LogP contribution in [0.3, 0.4) is 0 Å². The Morgan fingerprint density at radius 2 is 1.85 bits per heavy atom. The minimum Gasteiger partial charge on any atom is -0.481 e. The van der Waals surface area contributed by atoms with Crippen molar-refractivity contribution < 1.29 is 19.4 Å². The van der Waals surface area contributed by atoms with Gasteiger partial charge < -0.3 is 9.84 Å². The van der Waals surface area contributed by atoms with E-state index in [1.54, 1.807) is 20.8 Å². The van der Waals surface area contributed by atoms with E-state index in [1.807, 2.05) is 0 Å². The van der Waals surface area contributed by atoms with Gasteiger partial charge in [0.25, 0.3) is 0 Å². The monoisotopic (exact) mass is 188 g/mol. The number of carbonyl (C=O) groups excluding carboxylic acids is 1. The first-order valence-electron chi connectivity index (χ1n) is 4.29. The number of Topliss-reactive ketones (excluding diaryl/α,β-unsaturated/α-hetero) is 1. The number of carboxylic acids is 1. The molecule has 0 bridgehead atoms. The van der Waals surface area contributed by atoms with Crippen molar-refractivity contribution in [3.8, 4) is 0 Å². The van der Waals surface area contributed by atoms with Crippen LogP contribution in [0.4, 0.5) is 0 Å². The molecule has 0 rings (SSSR count). The molecule has 76 valence electrons. The summed E-state index contributed by atoms with van der Waals surface area (Å²) in [7, 11) is 0. The summed E-state index contributed by atoms with van der Waals surface area (Å²) >= 11 is 0. The molecule has 1 N–H and O–H groups in total. The maximum absolute atomic E-state index is 11.4. The number of ether oxygens (including phenoxy) is 1. The Hall–Kier alpha value is -0.900. The van der Waals surface area contributed by atoms with Crippen molar-refractivity contribution in [2.75, 3.05) is 6.61 Å². The summed E-state index contributed by atoms with van der Waals surface area (Å²) < 4.78 is 5.18. The number of rotatable bonds is 6. The van der Waals surface area contributed by atoms with Crippen molar-refractivity contribution >= 4 is 11.8 Å². The third-order valence-corrected chi connectivity index (χ3v) is 1.74. The van der Waals surface area contributed by atoms with Gasteiger partial charge in [-0.15, -0.1) is 0 Å². The van der Waals surface area contributed by atoms with Gasteiger partial charge in [-0.2, -0.15) is 0 Å². The number of hydrogen-bond donors (Lipinski definition) is 1. The summed E-state index contributed by atoms with van der Waals surface area (Å²) in [6, 6.07) is 0. The number of carboxylic acid groups (broad SMARTS) is 1.